The van der Waals surface area contributed by atoms with Crippen LogP contribution in [0.1, 0.15) is 16.1 Å². The van der Waals surface area contributed by atoms with Crippen LogP contribution in [0.25, 0.3) is 0 Å². The van der Waals surface area contributed by atoms with Gasteiger partial charge in [0.2, 0.25) is 5.91 Å². The van der Waals surface area contributed by atoms with Gasteiger partial charge in [0, 0.05) is 11.8 Å². The van der Waals surface area contributed by atoms with Crippen LogP contribution in [-0.2, 0) is 16.1 Å². The number of rotatable bonds is 11. The standard InChI is InChI=1S/C27H25N3O6/c31-26(28-20-11-13-22(14-12-20)35-21-9-5-2-6-10-21)23(18-34-17-19-7-3-1-4-8-19)29-27(32)24-15-16-25(30-33)36-24/h1-16,23,30,33H,17-18H2,(H,28,31)(H,29,32)/p+1. The minimum absolute atomic E-state index is 0.0430. The lowest BCUT2D eigenvalue weighted by Gasteiger charge is -2.18. The molecule has 1 aromatic heterocycles. The smallest absolute Gasteiger partial charge is 0.326 e. The Hall–Kier alpha value is -4.44. The average molecular weight is 489 g/mol. The first kappa shape index (κ1) is 24.7. The quantitative estimate of drug-likeness (QED) is 0.239. The highest BCUT2D eigenvalue weighted by atomic mass is 16.5. The van der Waals surface area contributed by atoms with Crippen LogP contribution in [0.4, 0.5) is 11.6 Å². The third-order valence-corrected chi connectivity index (χ3v) is 5.10. The molecule has 0 saturated heterocycles. The molecule has 1 heterocycles. The van der Waals surface area contributed by atoms with E-state index in [2.05, 4.69) is 10.6 Å². The summed E-state index contributed by atoms with van der Waals surface area (Å²) in [7, 11) is 0. The number of nitrogens with two attached hydrogens (primary N) is 1. The second kappa shape index (κ2) is 12.3. The number of nitrogens with one attached hydrogen (secondary N) is 2. The molecule has 4 rings (SSSR count). The minimum atomic E-state index is -1.01. The van der Waals surface area contributed by atoms with Crippen LogP contribution in [0.15, 0.2) is 101 Å². The number of carbonyl (C=O) groups excluding carboxylic acids is 2. The Labute approximate surface area is 207 Å². The lowest BCUT2D eigenvalue weighted by molar-refractivity contribution is -0.833. The van der Waals surface area contributed by atoms with Gasteiger partial charge in [-0.05, 0) is 48.0 Å². The first-order valence-corrected chi connectivity index (χ1v) is 11.2. The van der Waals surface area contributed by atoms with Crippen LogP contribution in [0.2, 0.25) is 0 Å². The summed E-state index contributed by atoms with van der Waals surface area (Å²) in [4.78, 5) is 25.7. The van der Waals surface area contributed by atoms with Gasteiger partial charge in [0.25, 0.3) is 5.91 Å². The fraction of sp³-hybridized carbons (Fsp3) is 0.111. The molecule has 36 heavy (non-hydrogen) atoms. The van der Waals surface area contributed by atoms with E-state index in [0.717, 1.165) is 11.0 Å². The van der Waals surface area contributed by atoms with Crippen molar-refractivity contribution in [2.75, 3.05) is 11.9 Å². The Bertz CT molecular complexity index is 1260. The third-order valence-electron chi connectivity index (χ3n) is 5.10. The zero-order valence-electron chi connectivity index (χ0n) is 19.3. The normalized spacial score (nSPS) is 11.5. The van der Waals surface area contributed by atoms with E-state index in [1.54, 1.807) is 24.3 Å². The van der Waals surface area contributed by atoms with Crippen LogP contribution >= 0.6 is 0 Å². The number of ether oxygens (including phenoxy) is 2. The maximum absolute atomic E-state index is 13.0. The molecule has 4 aromatic rings. The van der Waals surface area contributed by atoms with Crippen molar-refractivity contribution in [3.63, 3.8) is 0 Å². The Balaban J connectivity index is 1.40. The molecule has 0 bridgehead atoms. The van der Waals surface area contributed by atoms with Gasteiger partial charge in [-0.3, -0.25) is 9.59 Å². The van der Waals surface area contributed by atoms with Crippen molar-refractivity contribution in [2.24, 2.45) is 0 Å². The van der Waals surface area contributed by atoms with Crippen LogP contribution < -0.4 is 20.9 Å². The molecule has 0 spiro atoms. The zero-order valence-corrected chi connectivity index (χ0v) is 19.3. The average Bonchev–Trinajstić information content (AvgIpc) is 3.40. The number of benzene rings is 3. The van der Waals surface area contributed by atoms with Gasteiger partial charge in [-0.15, -0.1) is 5.48 Å². The largest absolute Gasteiger partial charge is 0.457 e. The second-order valence-electron chi connectivity index (χ2n) is 7.79. The molecular formula is C27H26N3O6+. The first-order valence-electron chi connectivity index (χ1n) is 11.2. The van der Waals surface area contributed by atoms with E-state index in [-0.39, 0.29) is 24.9 Å². The van der Waals surface area contributed by atoms with E-state index >= 15 is 0 Å². The summed E-state index contributed by atoms with van der Waals surface area (Å²) in [5.74, 6) is 0.321. The predicted molar refractivity (Wildman–Crippen MR) is 131 cm³/mol. The number of hydrogen-bond donors (Lipinski definition) is 4. The van der Waals surface area contributed by atoms with Crippen molar-refractivity contribution in [1.82, 2.24) is 5.32 Å². The fourth-order valence-corrected chi connectivity index (χ4v) is 3.29. The van der Waals surface area contributed by atoms with Gasteiger partial charge in [0.15, 0.2) is 5.76 Å². The summed E-state index contributed by atoms with van der Waals surface area (Å²) in [5, 5.41) is 14.5. The van der Waals surface area contributed by atoms with E-state index in [1.165, 1.54) is 12.1 Å². The lowest BCUT2D eigenvalue weighted by Crippen LogP contribution is -2.73. The molecule has 9 nitrogen and oxygen atoms in total. The molecule has 3 aromatic carbocycles. The molecule has 0 radical (unpaired) electrons. The summed E-state index contributed by atoms with van der Waals surface area (Å²) >= 11 is 0. The van der Waals surface area contributed by atoms with E-state index in [9.17, 15) is 9.59 Å². The lowest BCUT2D eigenvalue weighted by atomic mass is 10.2. The summed E-state index contributed by atoms with van der Waals surface area (Å²) in [6, 6.07) is 27.6. The highest BCUT2D eigenvalue weighted by Gasteiger charge is 2.24. The second-order valence-corrected chi connectivity index (χ2v) is 7.79. The number of furan rings is 1. The van der Waals surface area contributed by atoms with Gasteiger partial charge in [0.1, 0.15) is 17.5 Å². The molecule has 0 aliphatic carbocycles. The number of quaternary nitrogens is 1. The van der Waals surface area contributed by atoms with Crippen LogP contribution in [-0.4, -0.2) is 29.7 Å². The number of anilines is 1. The third kappa shape index (κ3) is 7.03. The molecule has 2 amide bonds. The molecular weight excluding hydrogens is 462 g/mol. The summed E-state index contributed by atoms with van der Waals surface area (Å²) < 4.78 is 16.7. The van der Waals surface area contributed by atoms with E-state index < -0.39 is 17.9 Å². The van der Waals surface area contributed by atoms with E-state index in [0.29, 0.717) is 17.2 Å². The van der Waals surface area contributed by atoms with Crippen molar-refractivity contribution in [3.8, 4) is 11.5 Å². The van der Waals surface area contributed by atoms with E-state index in [4.69, 9.17) is 19.1 Å². The van der Waals surface area contributed by atoms with Crippen molar-refractivity contribution >= 4 is 23.4 Å². The Kier molecular flexibility index (Phi) is 8.44. The van der Waals surface area contributed by atoms with Crippen LogP contribution in [0.3, 0.4) is 0 Å². The minimum Gasteiger partial charge on any atom is -0.457 e. The highest BCUT2D eigenvalue weighted by molar-refractivity contribution is 6.00. The highest BCUT2D eigenvalue weighted by Crippen LogP contribution is 2.22. The molecule has 9 heteroatoms. The molecule has 0 fully saturated rings. The van der Waals surface area contributed by atoms with Crippen LogP contribution in [0.5, 0.6) is 11.5 Å². The molecule has 5 N–H and O–H groups in total. The number of hydrogen-bond acceptors (Lipinski definition) is 6. The van der Waals surface area contributed by atoms with Gasteiger partial charge >= 0.3 is 5.88 Å². The van der Waals surface area contributed by atoms with E-state index in [1.807, 2.05) is 60.7 Å². The molecule has 1 unspecified atom stereocenters. The summed E-state index contributed by atoms with van der Waals surface area (Å²) in [5.41, 5.74) is 2.21. The van der Waals surface area contributed by atoms with Crippen molar-refractivity contribution in [2.45, 2.75) is 12.6 Å². The summed E-state index contributed by atoms with van der Waals surface area (Å²) in [6.07, 6.45) is 0. The predicted octanol–water partition coefficient (Wildman–Crippen LogP) is 3.61. The molecule has 0 aliphatic heterocycles. The molecule has 0 aliphatic rings. The van der Waals surface area contributed by atoms with Gasteiger partial charge in [-0.25, -0.2) is 5.21 Å². The topological polar surface area (TPSA) is 127 Å². The maximum atomic E-state index is 13.0. The zero-order chi connectivity index (χ0) is 25.2. The number of para-hydroxylation sites is 1. The number of carbonyl (C=O) groups is 2. The van der Waals surface area contributed by atoms with Gasteiger partial charge in [0.05, 0.1) is 13.2 Å². The van der Waals surface area contributed by atoms with Crippen molar-refractivity contribution in [1.29, 1.82) is 0 Å². The van der Waals surface area contributed by atoms with Gasteiger partial charge < -0.3 is 24.5 Å². The van der Waals surface area contributed by atoms with Crippen molar-refractivity contribution in [3.05, 3.63) is 108 Å². The molecule has 184 valence electrons. The molecule has 1 atom stereocenters. The Morgan fingerprint density at radius 2 is 1.53 bits per heavy atom. The Morgan fingerprint density at radius 3 is 2.19 bits per heavy atom. The van der Waals surface area contributed by atoms with Gasteiger partial charge in [-0.2, -0.15) is 0 Å². The fourth-order valence-electron chi connectivity index (χ4n) is 3.29. The monoisotopic (exact) mass is 488 g/mol. The number of amides is 2. The van der Waals surface area contributed by atoms with Gasteiger partial charge in [-0.1, -0.05) is 48.5 Å². The van der Waals surface area contributed by atoms with Crippen LogP contribution in [0, 0.1) is 0 Å². The molecule has 0 saturated carbocycles. The SMILES string of the molecule is O=C(NC(COCc1ccccc1)C(=O)Nc1ccc(Oc2ccccc2)cc1)c1ccc([NH2+]O)o1. The first-order chi connectivity index (χ1) is 17.6. The summed E-state index contributed by atoms with van der Waals surface area (Å²) in [6.45, 7) is 0.206. The Morgan fingerprint density at radius 1 is 0.861 bits per heavy atom. The van der Waals surface area contributed by atoms with Crippen molar-refractivity contribution < 1.29 is 34.2 Å². The maximum Gasteiger partial charge on any atom is 0.326 e.